The Bertz CT molecular complexity index is 501. The maximum atomic E-state index is 12.0. The number of likely N-dealkylation sites (N-methyl/N-ethyl adjacent to an activating group) is 2. The molecule has 1 amide bonds. The SMILES string of the molecule is CC(C)Cc1cc(CNC(=O)CCN(C)[C@@H]2CCN(C)C2)on1. The fourth-order valence-electron chi connectivity index (χ4n) is 2.96. The van der Waals surface area contributed by atoms with Gasteiger partial charge in [0.15, 0.2) is 5.76 Å². The molecule has 1 aromatic heterocycles. The van der Waals surface area contributed by atoms with Gasteiger partial charge in [-0.05, 0) is 39.4 Å². The molecule has 23 heavy (non-hydrogen) atoms. The van der Waals surface area contributed by atoms with E-state index < -0.39 is 0 Å². The van der Waals surface area contributed by atoms with Gasteiger partial charge in [-0.3, -0.25) is 4.79 Å². The summed E-state index contributed by atoms with van der Waals surface area (Å²) < 4.78 is 5.25. The van der Waals surface area contributed by atoms with Crippen molar-refractivity contribution < 1.29 is 9.32 Å². The minimum atomic E-state index is 0.0602. The number of nitrogens with zero attached hydrogens (tertiary/aromatic N) is 3. The third-order valence-electron chi connectivity index (χ3n) is 4.37. The molecule has 2 rings (SSSR count). The number of hydrogen-bond acceptors (Lipinski definition) is 5. The zero-order chi connectivity index (χ0) is 16.8. The number of carbonyl (C=O) groups is 1. The van der Waals surface area contributed by atoms with Crippen LogP contribution in [0.2, 0.25) is 0 Å². The molecule has 0 aromatic carbocycles. The minimum Gasteiger partial charge on any atom is -0.359 e. The van der Waals surface area contributed by atoms with Crippen LogP contribution in [0.3, 0.4) is 0 Å². The third kappa shape index (κ3) is 5.95. The van der Waals surface area contributed by atoms with E-state index in [0.717, 1.165) is 37.5 Å². The molecule has 0 radical (unpaired) electrons. The van der Waals surface area contributed by atoms with Crippen molar-refractivity contribution >= 4 is 5.91 Å². The second-order valence-corrected chi connectivity index (χ2v) is 7.09. The van der Waals surface area contributed by atoms with Crippen LogP contribution in [0.25, 0.3) is 0 Å². The number of carbonyl (C=O) groups excluding carboxylic acids is 1. The smallest absolute Gasteiger partial charge is 0.221 e. The van der Waals surface area contributed by atoms with E-state index in [-0.39, 0.29) is 5.91 Å². The lowest BCUT2D eigenvalue weighted by atomic mass is 10.1. The predicted octanol–water partition coefficient (Wildman–Crippen LogP) is 1.52. The van der Waals surface area contributed by atoms with Crippen molar-refractivity contribution in [2.75, 3.05) is 33.7 Å². The van der Waals surface area contributed by atoms with Crippen molar-refractivity contribution in [2.45, 2.75) is 45.7 Å². The van der Waals surface area contributed by atoms with E-state index in [4.69, 9.17) is 4.52 Å². The van der Waals surface area contributed by atoms with Crippen LogP contribution in [-0.2, 0) is 17.8 Å². The van der Waals surface area contributed by atoms with Crippen LogP contribution in [0, 0.1) is 5.92 Å². The Morgan fingerprint density at radius 1 is 1.57 bits per heavy atom. The van der Waals surface area contributed by atoms with E-state index in [1.165, 1.54) is 6.42 Å². The molecule has 130 valence electrons. The van der Waals surface area contributed by atoms with E-state index in [2.05, 4.69) is 48.2 Å². The van der Waals surface area contributed by atoms with Gasteiger partial charge in [0, 0.05) is 31.6 Å². The lowest BCUT2D eigenvalue weighted by Gasteiger charge is -2.23. The average Bonchev–Trinajstić information content (AvgIpc) is 3.11. The largest absolute Gasteiger partial charge is 0.359 e. The van der Waals surface area contributed by atoms with Crippen molar-refractivity contribution in [3.8, 4) is 0 Å². The van der Waals surface area contributed by atoms with Gasteiger partial charge in [-0.2, -0.15) is 0 Å². The summed E-state index contributed by atoms with van der Waals surface area (Å²) in [5, 5.41) is 6.94. The molecule has 0 spiro atoms. The molecule has 0 saturated carbocycles. The van der Waals surface area contributed by atoms with Gasteiger partial charge in [0.1, 0.15) is 0 Å². The second-order valence-electron chi connectivity index (χ2n) is 7.09. The summed E-state index contributed by atoms with van der Waals surface area (Å²) in [4.78, 5) is 16.6. The van der Waals surface area contributed by atoms with E-state index in [1.807, 2.05) is 6.07 Å². The molecule has 6 heteroatoms. The molecule has 1 saturated heterocycles. The summed E-state index contributed by atoms with van der Waals surface area (Å²) >= 11 is 0. The van der Waals surface area contributed by atoms with Gasteiger partial charge >= 0.3 is 0 Å². The van der Waals surface area contributed by atoms with Crippen molar-refractivity contribution in [3.05, 3.63) is 17.5 Å². The van der Waals surface area contributed by atoms with Crippen molar-refractivity contribution in [2.24, 2.45) is 5.92 Å². The Morgan fingerprint density at radius 3 is 3.00 bits per heavy atom. The van der Waals surface area contributed by atoms with Crippen LogP contribution in [0.1, 0.15) is 38.1 Å². The van der Waals surface area contributed by atoms with E-state index >= 15 is 0 Å². The quantitative estimate of drug-likeness (QED) is 0.786. The molecule has 1 fully saturated rings. The molecular formula is C17H30N4O2. The van der Waals surface area contributed by atoms with Crippen LogP contribution in [0.4, 0.5) is 0 Å². The highest BCUT2D eigenvalue weighted by Gasteiger charge is 2.23. The number of aromatic nitrogens is 1. The molecule has 1 atom stereocenters. The monoisotopic (exact) mass is 322 g/mol. The highest BCUT2D eigenvalue weighted by atomic mass is 16.5. The maximum absolute atomic E-state index is 12.0. The van der Waals surface area contributed by atoms with Gasteiger partial charge < -0.3 is 19.6 Å². The van der Waals surface area contributed by atoms with Gasteiger partial charge in [0.25, 0.3) is 0 Å². The molecule has 0 unspecified atom stereocenters. The maximum Gasteiger partial charge on any atom is 0.221 e. The Hall–Kier alpha value is -1.40. The van der Waals surface area contributed by atoms with Gasteiger partial charge in [0.05, 0.1) is 12.2 Å². The first kappa shape index (κ1) is 17.9. The summed E-state index contributed by atoms with van der Waals surface area (Å²) in [5.74, 6) is 1.33. The van der Waals surface area contributed by atoms with Gasteiger partial charge in [-0.1, -0.05) is 19.0 Å². The number of hydrogen-bond donors (Lipinski definition) is 1. The summed E-state index contributed by atoms with van der Waals surface area (Å²) in [6.45, 7) is 7.74. The summed E-state index contributed by atoms with van der Waals surface area (Å²) in [6, 6.07) is 2.50. The van der Waals surface area contributed by atoms with E-state index in [9.17, 15) is 4.79 Å². The van der Waals surface area contributed by atoms with Gasteiger partial charge in [-0.15, -0.1) is 0 Å². The summed E-state index contributed by atoms with van der Waals surface area (Å²) in [6.07, 6.45) is 2.60. The zero-order valence-electron chi connectivity index (χ0n) is 14.8. The molecule has 6 nitrogen and oxygen atoms in total. The van der Waals surface area contributed by atoms with E-state index in [1.54, 1.807) is 0 Å². The Labute approximate surface area is 139 Å². The van der Waals surface area contributed by atoms with Crippen LogP contribution in [0.5, 0.6) is 0 Å². The minimum absolute atomic E-state index is 0.0602. The number of amides is 1. The first-order valence-electron chi connectivity index (χ1n) is 8.54. The van der Waals surface area contributed by atoms with Crippen molar-refractivity contribution in [1.29, 1.82) is 0 Å². The van der Waals surface area contributed by atoms with Gasteiger partial charge in [0.2, 0.25) is 5.91 Å². The highest BCUT2D eigenvalue weighted by molar-refractivity contribution is 5.75. The topological polar surface area (TPSA) is 61.6 Å². The highest BCUT2D eigenvalue weighted by Crippen LogP contribution is 2.12. The summed E-state index contributed by atoms with van der Waals surface area (Å²) in [7, 11) is 4.25. The average molecular weight is 322 g/mol. The first-order chi connectivity index (χ1) is 10.9. The van der Waals surface area contributed by atoms with Crippen LogP contribution >= 0.6 is 0 Å². The van der Waals surface area contributed by atoms with Gasteiger partial charge in [-0.25, -0.2) is 0 Å². The fourth-order valence-corrected chi connectivity index (χ4v) is 2.96. The second kappa shape index (κ2) is 8.45. The lowest BCUT2D eigenvalue weighted by molar-refractivity contribution is -0.121. The standard InChI is InChI=1S/C17H30N4O2/c1-13(2)9-14-10-16(23-19-14)11-18-17(22)6-8-21(4)15-5-7-20(3)12-15/h10,13,15H,5-9,11-12H2,1-4H3,(H,18,22)/t15-/m1/s1. The fraction of sp³-hybridized carbons (Fsp3) is 0.765. The summed E-state index contributed by atoms with van der Waals surface area (Å²) in [5.41, 5.74) is 0.953. The molecule has 1 aromatic rings. The van der Waals surface area contributed by atoms with E-state index in [0.29, 0.717) is 24.9 Å². The Balaban J connectivity index is 1.65. The number of nitrogens with one attached hydrogen (secondary N) is 1. The molecular weight excluding hydrogens is 292 g/mol. The normalized spacial score (nSPS) is 19.0. The predicted molar refractivity (Wildman–Crippen MR) is 90.0 cm³/mol. The van der Waals surface area contributed by atoms with Crippen LogP contribution < -0.4 is 5.32 Å². The number of likely N-dealkylation sites (tertiary alicyclic amines) is 1. The van der Waals surface area contributed by atoms with Crippen LogP contribution in [-0.4, -0.2) is 60.6 Å². The zero-order valence-corrected chi connectivity index (χ0v) is 14.8. The molecule has 1 aliphatic rings. The molecule has 1 N–H and O–H groups in total. The molecule has 0 bridgehead atoms. The lowest BCUT2D eigenvalue weighted by Crippen LogP contribution is -2.36. The Kier molecular flexibility index (Phi) is 6.59. The Morgan fingerprint density at radius 2 is 2.35 bits per heavy atom. The third-order valence-corrected chi connectivity index (χ3v) is 4.37. The van der Waals surface area contributed by atoms with Crippen molar-refractivity contribution in [3.63, 3.8) is 0 Å². The number of rotatable bonds is 8. The molecule has 1 aliphatic heterocycles. The first-order valence-corrected chi connectivity index (χ1v) is 8.54. The molecule has 2 heterocycles. The van der Waals surface area contributed by atoms with Crippen LogP contribution in [0.15, 0.2) is 10.6 Å². The molecule has 0 aliphatic carbocycles. The van der Waals surface area contributed by atoms with Crippen molar-refractivity contribution in [1.82, 2.24) is 20.3 Å².